The van der Waals surface area contributed by atoms with Crippen LogP contribution in [0, 0.1) is 0 Å². The molecule has 0 atom stereocenters. The number of nitrogens with zero attached hydrogens (tertiary/aromatic N) is 2. The van der Waals surface area contributed by atoms with Crippen LogP contribution in [0.2, 0.25) is 0 Å². The van der Waals surface area contributed by atoms with Crippen LogP contribution in [-0.4, -0.2) is 36.8 Å². The number of carbonyl (C=O) groups excluding carboxylic acids is 4. The Kier molecular flexibility index (Phi) is 7.25. The highest BCUT2D eigenvalue weighted by atomic mass is 16.5. The second-order valence-corrected chi connectivity index (χ2v) is 11.1. The molecular formula is C39H28N2O6. The highest BCUT2D eigenvalue weighted by Crippen LogP contribution is 2.57. The predicted octanol–water partition coefficient (Wildman–Crippen LogP) is 6.04. The summed E-state index contributed by atoms with van der Waals surface area (Å²) in [5.74, 6) is -1.23. The summed E-state index contributed by atoms with van der Waals surface area (Å²) in [6.07, 6.45) is 8.11. The fraction of sp³-hybridized carbons (Fsp3) is 0.0769. The van der Waals surface area contributed by atoms with E-state index in [0.717, 1.165) is 43.2 Å². The number of amides is 4. The SMILES string of the molecule is C=CCOc1cc(C2(c3ccc(OCC=C)c(N4C(=O)C=CC4=O)c3)c3ccccc3-c3ccccc32)ccc1N1C(=O)C=CC1=O. The first-order valence-corrected chi connectivity index (χ1v) is 15.0. The van der Waals surface area contributed by atoms with Gasteiger partial charge in [-0.2, -0.15) is 0 Å². The Balaban J connectivity index is 1.53. The fourth-order valence-corrected chi connectivity index (χ4v) is 6.69. The summed E-state index contributed by atoms with van der Waals surface area (Å²) in [6, 6.07) is 27.1. The summed E-state index contributed by atoms with van der Waals surface area (Å²) in [7, 11) is 0. The van der Waals surface area contributed by atoms with Crippen molar-refractivity contribution < 1.29 is 28.7 Å². The van der Waals surface area contributed by atoms with Crippen molar-refractivity contribution in [1.82, 2.24) is 0 Å². The fourth-order valence-electron chi connectivity index (χ4n) is 6.69. The Labute approximate surface area is 271 Å². The molecule has 0 saturated carbocycles. The standard InChI is InChI=1S/C39H28N2O6/c1-3-21-46-33-16-14-25(23-32(33)41-37(44)19-20-38(41)45)39(29-11-7-5-9-27(29)28-10-6-8-12-30(28)39)26-13-15-31(34(24-26)47-22-4-2)40-35(42)17-18-36(40)43/h3-20,23-24H,1-2,21-22H2. The molecule has 2 heterocycles. The van der Waals surface area contributed by atoms with Gasteiger partial charge in [-0.1, -0.05) is 86.0 Å². The smallest absolute Gasteiger partial charge is 0.258 e. The van der Waals surface area contributed by atoms with Crippen molar-refractivity contribution in [3.05, 3.63) is 157 Å². The molecule has 8 heteroatoms. The van der Waals surface area contributed by atoms with Crippen molar-refractivity contribution in [3.8, 4) is 22.6 Å². The summed E-state index contributed by atoms with van der Waals surface area (Å²) < 4.78 is 12.1. The first kappa shape index (κ1) is 29.4. The number of carbonyl (C=O) groups is 4. The lowest BCUT2D eigenvalue weighted by atomic mass is 9.67. The lowest BCUT2D eigenvalue weighted by Crippen LogP contribution is -2.33. The molecule has 47 heavy (non-hydrogen) atoms. The van der Waals surface area contributed by atoms with Gasteiger partial charge < -0.3 is 9.47 Å². The number of anilines is 2. The zero-order valence-electron chi connectivity index (χ0n) is 25.2. The van der Waals surface area contributed by atoms with E-state index < -0.39 is 29.0 Å². The van der Waals surface area contributed by atoms with Gasteiger partial charge in [-0.3, -0.25) is 19.2 Å². The first-order chi connectivity index (χ1) is 22.9. The molecule has 8 nitrogen and oxygen atoms in total. The van der Waals surface area contributed by atoms with Crippen molar-refractivity contribution in [3.63, 3.8) is 0 Å². The number of benzene rings is 4. The minimum absolute atomic E-state index is 0.131. The third kappa shape index (κ3) is 4.53. The molecular weight excluding hydrogens is 592 g/mol. The van der Waals surface area contributed by atoms with Gasteiger partial charge in [0.15, 0.2) is 0 Å². The van der Waals surface area contributed by atoms with Gasteiger partial charge in [0.05, 0.1) is 16.8 Å². The number of rotatable bonds is 10. The molecule has 0 saturated heterocycles. The lowest BCUT2D eigenvalue weighted by molar-refractivity contribution is -0.121. The number of hydrogen-bond acceptors (Lipinski definition) is 6. The zero-order chi connectivity index (χ0) is 32.7. The third-order valence-electron chi connectivity index (χ3n) is 8.55. The van der Waals surface area contributed by atoms with Crippen LogP contribution in [0.25, 0.3) is 11.1 Å². The normalized spacial score (nSPS) is 15.7. The van der Waals surface area contributed by atoms with Gasteiger partial charge in [0, 0.05) is 24.3 Å². The Morgan fingerprint density at radius 2 is 1.02 bits per heavy atom. The van der Waals surface area contributed by atoms with Crippen LogP contribution in [0.15, 0.2) is 135 Å². The van der Waals surface area contributed by atoms with Crippen molar-refractivity contribution in [2.24, 2.45) is 0 Å². The molecule has 0 fully saturated rings. The molecule has 2 aliphatic heterocycles. The van der Waals surface area contributed by atoms with Gasteiger partial charge in [-0.15, -0.1) is 0 Å². The summed E-state index contributed by atoms with van der Waals surface area (Å²) in [4.78, 5) is 53.7. The van der Waals surface area contributed by atoms with Crippen molar-refractivity contribution in [2.45, 2.75) is 5.41 Å². The average molecular weight is 621 g/mol. The van der Waals surface area contributed by atoms with Crippen LogP contribution in [0.4, 0.5) is 11.4 Å². The summed E-state index contributed by atoms with van der Waals surface area (Å²) >= 11 is 0. The maximum atomic E-state index is 13.0. The minimum atomic E-state index is -0.986. The number of imide groups is 2. The molecule has 230 valence electrons. The summed E-state index contributed by atoms with van der Waals surface area (Å²) in [5.41, 5.74) is 5.08. The zero-order valence-corrected chi connectivity index (χ0v) is 25.2. The van der Waals surface area contributed by atoms with E-state index in [1.54, 1.807) is 24.3 Å². The molecule has 0 spiro atoms. The van der Waals surface area contributed by atoms with Crippen LogP contribution in [0.1, 0.15) is 22.3 Å². The lowest BCUT2D eigenvalue weighted by Gasteiger charge is -2.35. The van der Waals surface area contributed by atoms with E-state index >= 15 is 0 Å². The van der Waals surface area contributed by atoms with Crippen LogP contribution in [0.3, 0.4) is 0 Å². The second-order valence-electron chi connectivity index (χ2n) is 11.1. The van der Waals surface area contributed by atoms with Gasteiger partial charge in [-0.25, -0.2) is 9.80 Å². The van der Waals surface area contributed by atoms with Crippen molar-refractivity contribution in [2.75, 3.05) is 23.0 Å². The molecule has 7 rings (SSSR count). The van der Waals surface area contributed by atoms with Crippen LogP contribution in [0.5, 0.6) is 11.5 Å². The van der Waals surface area contributed by atoms with E-state index in [9.17, 15) is 19.2 Å². The van der Waals surface area contributed by atoms with E-state index in [4.69, 9.17) is 9.47 Å². The molecule has 0 aromatic heterocycles. The topological polar surface area (TPSA) is 93.2 Å². The Bertz CT molecular complexity index is 2010. The van der Waals surface area contributed by atoms with Gasteiger partial charge in [-0.05, 0) is 57.6 Å². The van der Waals surface area contributed by atoms with Crippen molar-refractivity contribution >= 4 is 35.0 Å². The highest BCUT2D eigenvalue weighted by Gasteiger charge is 2.47. The molecule has 1 aliphatic carbocycles. The molecule has 0 unspecified atom stereocenters. The summed E-state index contributed by atoms with van der Waals surface area (Å²) in [6.45, 7) is 7.81. The molecule has 0 radical (unpaired) electrons. The highest BCUT2D eigenvalue weighted by molar-refractivity contribution is 6.29. The van der Waals surface area contributed by atoms with Crippen LogP contribution < -0.4 is 19.3 Å². The molecule has 3 aliphatic rings. The van der Waals surface area contributed by atoms with E-state index in [2.05, 4.69) is 37.4 Å². The van der Waals surface area contributed by atoms with Gasteiger partial charge in [0.1, 0.15) is 24.7 Å². The van der Waals surface area contributed by atoms with Gasteiger partial charge in [0.2, 0.25) is 0 Å². The Hall–Kier alpha value is -6.28. The monoisotopic (exact) mass is 620 g/mol. The van der Waals surface area contributed by atoms with Crippen molar-refractivity contribution in [1.29, 1.82) is 0 Å². The van der Waals surface area contributed by atoms with E-state index in [1.807, 2.05) is 48.5 Å². The van der Waals surface area contributed by atoms with Gasteiger partial charge in [0.25, 0.3) is 23.6 Å². The first-order valence-electron chi connectivity index (χ1n) is 15.0. The van der Waals surface area contributed by atoms with Crippen LogP contribution in [-0.2, 0) is 24.6 Å². The second kappa shape index (κ2) is 11.6. The molecule has 4 aromatic rings. The average Bonchev–Trinajstić information content (AvgIpc) is 3.72. The number of fused-ring (bicyclic) bond motifs is 3. The summed E-state index contributed by atoms with van der Waals surface area (Å²) in [5, 5.41) is 0. The Morgan fingerprint density at radius 1 is 0.553 bits per heavy atom. The van der Waals surface area contributed by atoms with E-state index in [1.165, 1.54) is 24.3 Å². The minimum Gasteiger partial charge on any atom is -0.487 e. The van der Waals surface area contributed by atoms with E-state index in [-0.39, 0.29) is 13.2 Å². The van der Waals surface area contributed by atoms with Crippen LogP contribution >= 0.6 is 0 Å². The Morgan fingerprint density at radius 3 is 1.57 bits per heavy atom. The number of ether oxygens (including phenoxy) is 2. The molecule has 0 N–H and O–H groups in total. The van der Waals surface area contributed by atoms with Gasteiger partial charge >= 0.3 is 0 Å². The predicted molar refractivity (Wildman–Crippen MR) is 178 cm³/mol. The molecule has 0 bridgehead atoms. The molecule has 4 aromatic carbocycles. The number of hydrogen-bond donors (Lipinski definition) is 0. The third-order valence-corrected chi connectivity index (χ3v) is 8.55. The largest absolute Gasteiger partial charge is 0.487 e. The maximum absolute atomic E-state index is 13.0. The van der Waals surface area contributed by atoms with E-state index in [0.29, 0.717) is 22.9 Å². The maximum Gasteiger partial charge on any atom is 0.258 e. The molecule has 4 amide bonds. The quantitative estimate of drug-likeness (QED) is 0.140.